The van der Waals surface area contributed by atoms with Crippen molar-refractivity contribution in [3.63, 3.8) is 0 Å². The van der Waals surface area contributed by atoms with Crippen LogP contribution in [0.1, 0.15) is 16.7 Å². The largest absolute Gasteiger partial charge is 0.416 e. The predicted molar refractivity (Wildman–Crippen MR) is 51.3 cm³/mol. The smallest absolute Gasteiger partial charge is 0.299 e. The Morgan fingerprint density at radius 3 is 2.47 bits per heavy atom. The van der Waals surface area contributed by atoms with Crippen LogP contribution in [-0.2, 0) is 11.0 Å². The fraction of sp³-hybridized carbons (Fsp3) is 0.182. The molecule has 0 aliphatic heterocycles. The minimum absolute atomic E-state index is 0.172. The van der Waals surface area contributed by atoms with Gasteiger partial charge in [-0.1, -0.05) is 18.2 Å². The number of carbonyl (C=O) groups is 1. The number of hydrogen-bond acceptors (Lipinski definition) is 1. The molecule has 1 aromatic rings. The Balaban J connectivity index is 3.17. The molecule has 0 bridgehead atoms. The second kappa shape index (κ2) is 4.29. The fourth-order valence-electron chi connectivity index (χ4n) is 1.20. The molecule has 15 heavy (non-hydrogen) atoms. The van der Waals surface area contributed by atoms with E-state index < -0.39 is 11.7 Å². The molecule has 4 heteroatoms. The summed E-state index contributed by atoms with van der Waals surface area (Å²) in [5.41, 5.74) is -0.138. The summed E-state index contributed by atoms with van der Waals surface area (Å²) in [5, 5.41) is 0. The maximum absolute atomic E-state index is 12.5. The van der Waals surface area contributed by atoms with Gasteiger partial charge in [0.2, 0.25) is 0 Å². The standard InChI is InChI=1S/C11H9F3O/c1-8-4-5-9(3-2-6-15)7-10(8)11(12,13)14/h2-7H,1H3/b3-2+. The number of halogens is 3. The van der Waals surface area contributed by atoms with Crippen LogP contribution in [0.5, 0.6) is 0 Å². The Bertz CT molecular complexity index is 391. The third-order valence-corrected chi connectivity index (χ3v) is 1.93. The SMILES string of the molecule is Cc1ccc(/C=C/C=O)cc1C(F)(F)F. The van der Waals surface area contributed by atoms with Crippen molar-refractivity contribution in [1.82, 2.24) is 0 Å². The van der Waals surface area contributed by atoms with Crippen LogP contribution in [0.25, 0.3) is 6.08 Å². The minimum Gasteiger partial charge on any atom is -0.299 e. The third kappa shape index (κ3) is 2.94. The zero-order valence-electron chi connectivity index (χ0n) is 8.01. The summed E-state index contributed by atoms with van der Waals surface area (Å²) >= 11 is 0. The van der Waals surface area contributed by atoms with Gasteiger partial charge in [0.05, 0.1) is 5.56 Å². The molecule has 0 spiro atoms. The third-order valence-electron chi connectivity index (χ3n) is 1.93. The number of aryl methyl sites for hydroxylation is 1. The lowest BCUT2D eigenvalue weighted by molar-refractivity contribution is -0.138. The number of rotatable bonds is 2. The van der Waals surface area contributed by atoms with Crippen molar-refractivity contribution in [2.45, 2.75) is 13.1 Å². The van der Waals surface area contributed by atoms with Crippen LogP contribution < -0.4 is 0 Å². The summed E-state index contributed by atoms with van der Waals surface area (Å²) in [6.45, 7) is 1.40. The lowest BCUT2D eigenvalue weighted by atomic mass is 10.0. The van der Waals surface area contributed by atoms with Crippen molar-refractivity contribution in [3.8, 4) is 0 Å². The van der Waals surface area contributed by atoms with Gasteiger partial charge in [-0.25, -0.2) is 0 Å². The van der Waals surface area contributed by atoms with E-state index in [1.165, 1.54) is 25.1 Å². The molecule has 0 fully saturated rings. The maximum Gasteiger partial charge on any atom is 0.416 e. The van der Waals surface area contributed by atoms with Gasteiger partial charge in [0, 0.05) is 0 Å². The molecule has 0 heterocycles. The van der Waals surface area contributed by atoms with Crippen molar-refractivity contribution in [3.05, 3.63) is 41.0 Å². The number of allylic oxidation sites excluding steroid dienone is 1. The molecule has 0 atom stereocenters. The van der Waals surface area contributed by atoms with Crippen molar-refractivity contribution in [2.75, 3.05) is 0 Å². The fourth-order valence-corrected chi connectivity index (χ4v) is 1.20. The van der Waals surface area contributed by atoms with Crippen LogP contribution in [0, 0.1) is 6.92 Å². The lowest BCUT2D eigenvalue weighted by Gasteiger charge is -2.10. The van der Waals surface area contributed by atoms with Gasteiger partial charge in [0.25, 0.3) is 0 Å². The molecule has 0 N–H and O–H groups in total. The number of alkyl halides is 3. The van der Waals surface area contributed by atoms with Gasteiger partial charge in [-0.3, -0.25) is 4.79 Å². The van der Waals surface area contributed by atoms with Crippen LogP contribution in [0.3, 0.4) is 0 Å². The van der Waals surface area contributed by atoms with Gasteiger partial charge in [-0.15, -0.1) is 0 Å². The molecular formula is C11H9F3O. The maximum atomic E-state index is 12.5. The summed E-state index contributed by atoms with van der Waals surface area (Å²) in [6, 6.07) is 3.94. The van der Waals surface area contributed by atoms with Crippen LogP contribution in [0.4, 0.5) is 13.2 Å². The summed E-state index contributed by atoms with van der Waals surface area (Å²) in [5.74, 6) is 0. The van der Waals surface area contributed by atoms with Gasteiger partial charge in [-0.05, 0) is 30.2 Å². The van der Waals surface area contributed by atoms with Crippen LogP contribution >= 0.6 is 0 Å². The van der Waals surface area contributed by atoms with Crippen molar-refractivity contribution >= 4 is 12.4 Å². The molecule has 1 aromatic carbocycles. The molecule has 0 aromatic heterocycles. The Labute approximate surface area is 85.2 Å². The van der Waals surface area contributed by atoms with E-state index in [0.29, 0.717) is 11.8 Å². The molecule has 0 aliphatic rings. The van der Waals surface area contributed by atoms with E-state index in [1.807, 2.05) is 0 Å². The van der Waals surface area contributed by atoms with E-state index in [1.54, 1.807) is 0 Å². The molecule has 1 rings (SSSR count). The summed E-state index contributed by atoms with van der Waals surface area (Å²) in [6.07, 6.45) is -1.34. The Morgan fingerprint density at radius 1 is 1.27 bits per heavy atom. The van der Waals surface area contributed by atoms with Crippen LogP contribution in [0.15, 0.2) is 24.3 Å². The zero-order chi connectivity index (χ0) is 11.5. The lowest BCUT2D eigenvalue weighted by Crippen LogP contribution is -2.07. The monoisotopic (exact) mass is 214 g/mol. The number of hydrogen-bond donors (Lipinski definition) is 0. The summed E-state index contributed by atoms with van der Waals surface area (Å²) in [4.78, 5) is 10.0. The Hall–Kier alpha value is -1.58. The first-order valence-corrected chi connectivity index (χ1v) is 4.25. The van der Waals surface area contributed by atoms with E-state index in [-0.39, 0.29) is 5.56 Å². The molecule has 0 aliphatic carbocycles. The number of carbonyl (C=O) groups excluding carboxylic acids is 1. The zero-order valence-corrected chi connectivity index (χ0v) is 8.01. The highest BCUT2D eigenvalue weighted by Gasteiger charge is 2.32. The molecular weight excluding hydrogens is 205 g/mol. The predicted octanol–water partition coefficient (Wildman–Crippen LogP) is 3.23. The molecule has 0 unspecified atom stereocenters. The highest BCUT2D eigenvalue weighted by Crippen LogP contribution is 2.32. The summed E-state index contributed by atoms with van der Waals surface area (Å²) in [7, 11) is 0. The quantitative estimate of drug-likeness (QED) is 0.545. The Morgan fingerprint density at radius 2 is 1.93 bits per heavy atom. The van der Waals surface area contributed by atoms with Crippen molar-refractivity contribution in [2.24, 2.45) is 0 Å². The average molecular weight is 214 g/mol. The minimum atomic E-state index is -4.35. The highest BCUT2D eigenvalue weighted by atomic mass is 19.4. The van der Waals surface area contributed by atoms with Crippen molar-refractivity contribution < 1.29 is 18.0 Å². The van der Waals surface area contributed by atoms with E-state index in [0.717, 1.165) is 12.1 Å². The highest BCUT2D eigenvalue weighted by molar-refractivity contribution is 5.74. The molecule has 80 valence electrons. The van der Waals surface area contributed by atoms with Gasteiger partial charge in [0.15, 0.2) is 0 Å². The first-order chi connectivity index (χ1) is 6.95. The molecule has 0 saturated heterocycles. The summed E-state index contributed by atoms with van der Waals surface area (Å²) < 4.78 is 37.4. The van der Waals surface area contributed by atoms with Gasteiger partial charge >= 0.3 is 6.18 Å². The van der Waals surface area contributed by atoms with Gasteiger partial charge in [0.1, 0.15) is 6.29 Å². The first-order valence-electron chi connectivity index (χ1n) is 4.25. The average Bonchev–Trinajstić information content (AvgIpc) is 2.15. The van der Waals surface area contributed by atoms with E-state index in [2.05, 4.69) is 0 Å². The van der Waals surface area contributed by atoms with E-state index in [4.69, 9.17) is 0 Å². The normalized spacial score (nSPS) is 12.0. The number of benzene rings is 1. The first kappa shape index (κ1) is 11.5. The molecule has 0 radical (unpaired) electrons. The molecule has 0 saturated carbocycles. The van der Waals surface area contributed by atoms with E-state index >= 15 is 0 Å². The molecule has 0 amide bonds. The van der Waals surface area contributed by atoms with Crippen LogP contribution in [0.2, 0.25) is 0 Å². The topological polar surface area (TPSA) is 17.1 Å². The number of aldehydes is 1. The van der Waals surface area contributed by atoms with E-state index in [9.17, 15) is 18.0 Å². The second-order valence-corrected chi connectivity index (χ2v) is 3.07. The van der Waals surface area contributed by atoms with Crippen molar-refractivity contribution in [1.29, 1.82) is 0 Å². The van der Waals surface area contributed by atoms with Gasteiger partial charge in [-0.2, -0.15) is 13.2 Å². The van der Waals surface area contributed by atoms with Crippen LogP contribution in [-0.4, -0.2) is 6.29 Å². The molecule has 1 nitrogen and oxygen atoms in total. The Kier molecular flexibility index (Phi) is 3.29. The van der Waals surface area contributed by atoms with Gasteiger partial charge < -0.3 is 0 Å². The second-order valence-electron chi connectivity index (χ2n) is 3.07.